The Kier molecular flexibility index (Phi) is 9.46. The van der Waals surface area contributed by atoms with Gasteiger partial charge in [0.15, 0.2) is 11.5 Å². The Balaban J connectivity index is 0.000000248. The summed E-state index contributed by atoms with van der Waals surface area (Å²) in [5, 5.41) is 3.44. The minimum Gasteiger partial charge on any atom is -0.486 e. The molecule has 4 heterocycles. The van der Waals surface area contributed by atoms with Crippen LogP contribution in [0.5, 0.6) is 11.5 Å². The monoisotopic (exact) mass is 521 g/mol. The number of hydrogen-bond donors (Lipinski definition) is 2. The minimum atomic E-state index is -0.461. The molecule has 2 fully saturated rings. The van der Waals surface area contributed by atoms with Gasteiger partial charge >= 0.3 is 12.2 Å². The van der Waals surface area contributed by atoms with Gasteiger partial charge in [-0.25, -0.2) is 9.59 Å². The second kappa shape index (κ2) is 12.2. The first-order valence-corrected chi connectivity index (χ1v) is 13.0. The summed E-state index contributed by atoms with van der Waals surface area (Å²) in [5.74, 6) is 1.44. The summed E-state index contributed by atoms with van der Waals surface area (Å²) >= 11 is 0. The van der Waals surface area contributed by atoms with Crippen molar-refractivity contribution in [2.75, 3.05) is 39.4 Å². The average molecular weight is 522 g/mol. The number of rotatable bonds is 3. The van der Waals surface area contributed by atoms with Crippen LogP contribution in [0.2, 0.25) is 0 Å². The van der Waals surface area contributed by atoms with Crippen LogP contribution in [0.4, 0.5) is 9.59 Å². The lowest BCUT2D eigenvalue weighted by molar-refractivity contribution is 0.0281. The molecule has 11 nitrogen and oxygen atoms in total. The van der Waals surface area contributed by atoms with Crippen molar-refractivity contribution in [3.05, 3.63) is 18.0 Å². The predicted molar refractivity (Wildman–Crippen MR) is 139 cm³/mol. The molecule has 208 valence electrons. The SMILES string of the molecule is CC(C)(C)OC(=O)N1CC[C@@H](N)C1.CC(C)(C)OC(=O)N1CC[C@@H](NCc2cc3c(cn2)OCCO3)C1. The first kappa shape index (κ1) is 28.8. The van der Waals surface area contributed by atoms with Gasteiger partial charge in [-0.3, -0.25) is 4.98 Å². The number of nitrogens with one attached hydrogen (secondary N) is 1. The molecule has 0 aliphatic carbocycles. The fourth-order valence-electron chi connectivity index (χ4n) is 4.03. The van der Waals surface area contributed by atoms with Crippen LogP contribution in [-0.4, -0.2) is 89.6 Å². The summed E-state index contributed by atoms with van der Waals surface area (Å²) < 4.78 is 21.7. The van der Waals surface area contributed by atoms with Crippen molar-refractivity contribution >= 4 is 12.2 Å². The lowest BCUT2D eigenvalue weighted by Crippen LogP contribution is -2.38. The number of carbonyl (C=O) groups is 2. The van der Waals surface area contributed by atoms with Gasteiger partial charge in [0.25, 0.3) is 0 Å². The average Bonchev–Trinajstić information content (AvgIpc) is 3.45. The molecule has 3 aliphatic rings. The van der Waals surface area contributed by atoms with Crippen LogP contribution in [0.3, 0.4) is 0 Å². The number of aromatic nitrogens is 1. The van der Waals surface area contributed by atoms with E-state index in [2.05, 4.69) is 10.3 Å². The summed E-state index contributed by atoms with van der Waals surface area (Å²) in [6, 6.07) is 2.27. The normalized spacial score (nSPS) is 21.3. The molecule has 2 atom stereocenters. The quantitative estimate of drug-likeness (QED) is 0.617. The third kappa shape index (κ3) is 9.55. The summed E-state index contributed by atoms with van der Waals surface area (Å²) in [6.07, 6.45) is 2.99. The molecule has 0 radical (unpaired) electrons. The van der Waals surface area contributed by atoms with E-state index in [1.54, 1.807) is 16.0 Å². The predicted octanol–water partition coefficient (Wildman–Crippen LogP) is 2.91. The Hall–Kier alpha value is -2.79. The minimum absolute atomic E-state index is 0.118. The van der Waals surface area contributed by atoms with Crippen molar-refractivity contribution in [2.24, 2.45) is 5.73 Å². The van der Waals surface area contributed by atoms with Gasteiger partial charge in [0.05, 0.1) is 11.9 Å². The zero-order valence-electron chi connectivity index (χ0n) is 23.0. The van der Waals surface area contributed by atoms with Crippen LogP contribution in [0.1, 0.15) is 60.1 Å². The van der Waals surface area contributed by atoms with Gasteiger partial charge in [0.1, 0.15) is 24.4 Å². The molecule has 1 aromatic heterocycles. The summed E-state index contributed by atoms with van der Waals surface area (Å²) in [7, 11) is 0. The topological polar surface area (TPSA) is 128 Å². The van der Waals surface area contributed by atoms with Crippen LogP contribution in [0.15, 0.2) is 12.3 Å². The number of amides is 2. The van der Waals surface area contributed by atoms with Crippen molar-refractivity contribution in [3.63, 3.8) is 0 Å². The number of fused-ring (bicyclic) bond motifs is 1. The number of carbonyl (C=O) groups excluding carboxylic acids is 2. The van der Waals surface area contributed by atoms with Gasteiger partial charge in [0, 0.05) is 50.9 Å². The van der Waals surface area contributed by atoms with Gasteiger partial charge in [-0.15, -0.1) is 0 Å². The van der Waals surface area contributed by atoms with Gasteiger partial charge in [-0.1, -0.05) is 0 Å². The molecule has 1 aromatic rings. The van der Waals surface area contributed by atoms with Crippen molar-refractivity contribution in [1.29, 1.82) is 0 Å². The summed E-state index contributed by atoms with van der Waals surface area (Å²) in [6.45, 7) is 15.7. The van der Waals surface area contributed by atoms with Gasteiger partial charge in [0.2, 0.25) is 0 Å². The molecule has 0 unspecified atom stereocenters. The van der Waals surface area contributed by atoms with Crippen molar-refractivity contribution in [3.8, 4) is 11.5 Å². The number of pyridine rings is 1. The lowest BCUT2D eigenvalue weighted by Gasteiger charge is -2.24. The van der Waals surface area contributed by atoms with E-state index in [0.717, 1.165) is 30.8 Å². The highest BCUT2D eigenvalue weighted by atomic mass is 16.6. The maximum Gasteiger partial charge on any atom is 0.410 e. The Labute approximate surface area is 219 Å². The molecule has 0 bridgehead atoms. The summed E-state index contributed by atoms with van der Waals surface area (Å²) in [5.41, 5.74) is 5.70. The van der Waals surface area contributed by atoms with E-state index in [1.165, 1.54) is 0 Å². The Bertz CT molecular complexity index is 929. The lowest BCUT2D eigenvalue weighted by atomic mass is 10.2. The van der Waals surface area contributed by atoms with E-state index in [9.17, 15) is 9.59 Å². The van der Waals surface area contributed by atoms with Gasteiger partial charge in [-0.05, 0) is 54.4 Å². The molecule has 2 saturated heterocycles. The van der Waals surface area contributed by atoms with E-state index in [0.29, 0.717) is 45.1 Å². The third-order valence-corrected chi connectivity index (χ3v) is 5.77. The van der Waals surface area contributed by atoms with E-state index in [-0.39, 0.29) is 24.3 Å². The smallest absolute Gasteiger partial charge is 0.410 e. The maximum atomic E-state index is 12.1. The number of ether oxygens (including phenoxy) is 4. The first-order valence-electron chi connectivity index (χ1n) is 13.0. The second-order valence-electron chi connectivity index (χ2n) is 11.6. The standard InChI is InChI=1S/C17H25N3O4.C9H18N2O2/c1-17(2,3)24-16(21)20-5-4-12(11-20)18-9-13-8-14-15(10-19-13)23-7-6-22-14;1-9(2,3)13-8(12)11-5-4-7(10)6-11/h8,10,12,18H,4-7,9,11H2,1-3H3;7H,4-6,10H2,1-3H3/t12-;7-/m11/s1. The highest BCUT2D eigenvalue weighted by molar-refractivity contribution is 5.69. The Morgan fingerprint density at radius 2 is 1.54 bits per heavy atom. The molecule has 3 N–H and O–H groups in total. The van der Waals surface area contributed by atoms with Crippen LogP contribution in [0, 0.1) is 0 Å². The van der Waals surface area contributed by atoms with Crippen LogP contribution < -0.4 is 20.5 Å². The van der Waals surface area contributed by atoms with E-state index in [4.69, 9.17) is 24.7 Å². The zero-order chi connectivity index (χ0) is 27.2. The maximum absolute atomic E-state index is 12.1. The molecule has 37 heavy (non-hydrogen) atoms. The van der Waals surface area contributed by atoms with Gasteiger partial charge < -0.3 is 39.8 Å². The number of nitrogens with two attached hydrogens (primary N) is 1. The number of nitrogens with zero attached hydrogens (tertiary/aromatic N) is 3. The molecule has 11 heteroatoms. The molecule has 2 amide bonds. The van der Waals surface area contributed by atoms with Crippen molar-refractivity contribution < 1.29 is 28.5 Å². The molecule has 0 aromatic carbocycles. The van der Waals surface area contributed by atoms with Crippen molar-refractivity contribution in [2.45, 2.75) is 84.2 Å². The van der Waals surface area contributed by atoms with Crippen molar-refractivity contribution in [1.82, 2.24) is 20.1 Å². The molecular formula is C26H43N5O6. The number of hydrogen-bond acceptors (Lipinski definition) is 9. The molecule has 3 aliphatic heterocycles. The number of likely N-dealkylation sites (tertiary alicyclic amines) is 2. The second-order valence-corrected chi connectivity index (χ2v) is 11.6. The summed E-state index contributed by atoms with van der Waals surface area (Å²) in [4.78, 5) is 31.3. The van der Waals surface area contributed by atoms with E-state index >= 15 is 0 Å². The highest BCUT2D eigenvalue weighted by Gasteiger charge is 2.30. The van der Waals surface area contributed by atoms with Crippen LogP contribution in [-0.2, 0) is 16.0 Å². The highest BCUT2D eigenvalue weighted by Crippen LogP contribution is 2.29. The molecule has 4 rings (SSSR count). The molecule has 0 spiro atoms. The third-order valence-electron chi connectivity index (χ3n) is 5.77. The van der Waals surface area contributed by atoms with E-state index < -0.39 is 11.2 Å². The first-order chi connectivity index (χ1) is 17.3. The Morgan fingerprint density at radius 3 is 2.11 bits per heavy atom. The fourth-order valence-corrected chi connectivity index (χ4v) is 4.03. The zero-order valence-corrected chi connectivity index (χ0v) is 23.0. The van der Waals surface area contributed by atoms with Crippen LogP contribution in [0.25, 0.3) is 0 Å². The van der Waals surface area contributed by atoms with Gasteiger partial charge in [-0.2, -0.15) is 0 Å². The molecule has 0 saturated carbocycles. The van der Waals surface area contributed by atoms with E-state index in [1.807, 2.05) is 47.6 Å². The molecular weight excluding hydrogens is 478 g/mol. The Morgan fingerprint density at radius 1 is 0.973 bits per heavy atom. The largest absolute Gasteiger partial charge is 0.486 e. The van der Waals surface area contributed by atoms with Crippen LogP contribution >= 0.6 is 0 Å². The fraction of sp³-hybridized carbons (Fsp3) is 0.731.